The topological polar surface area (TPSA) is 136 Å². The van der Waals surface area contributed by atoms with E-state index in [2.05, 4.69) is 4.99 Å². The first-order chi connectivity index (χ1) is 11.1. The quantitative estimate of drug-likeness (QED) is 0.420. The molecule has 0 heterocycles. The number of guanidine groups is 1. The number of hydrogen-bond donors (Lipinski definition) is 3. The maximum absolute atomic E-state index is 11.7. The molecule has 0 atom stereocenters. The van der Waals surface area contributed by atoms with E-state index in [1.807, 2.05) is 24.3 Å². The summed E-state index contributed by atoms with van der Waals surface area (Å²) in [5, 5.41) is 0.637. The van der Waals surface area contributed by atoms with Gasteiger partial charge in [0.1, 0.15) is 0 Å². The molecule has 9 heteroatoms. The minimum atomic E-state index is -3.67. The largest absolute Gasteiger partial charge is 0.370 e. The Morgan fingerprint density at radius 3 is 2.08 bits per heavy atom. The van der Waals surface area contributed by atoms with Gasteiger partial charge in [-0.05, 0) is 35.4 Å². The van der Waals surface area contributed by atoms with Crippen molar-refractivity contribution in [3.63, 3.8) is 0 Å². The van der Waals surface area contributed by atoms with E-state index in [-0.39, 0.29) is 5.96 Å². The Hall–Kier alpha value is -2.42. The third kappa shape index (κ3) is 7.73. The first-order valence-electron chi connectivity index (χ1n) is 6.48. The summed E-state index contributed by atoms with van der Waals surface area (Å²) >= 11 is 5.94. The van der Waals surface area contributed by atoms with Crippen molar-refractivity contribution in [1.29, 1.82) is 0 Å². The Bertz CT molecular complexity index is 855. The number of nitrogens with zero attached hydrogens (tertiary/aromatic N) is 1. The minimum Gasteiger partial charge on any atom is -0.370 e. The summed E-state index contributed by atoms with van der Waals surface area (Å²) in [6, 6.07) is 14.4. The normalized spacial score (nSPS) is 10.3. The number of hydrogen-bond acceptors (Lipinski definition) is 3. The van der Waals surface area contributed by atoms with E-state index in [1.165, 1.54) is 0 Å². The first kappa shape index (κ1) is 19.6. The molecule has 0 saturated carbocycles. The lowest BCUT2D eigenvalue weighted by Crippen LogP contribution is -2.24. The van der Waals surface area contributed by atoms with Crippen molar-refractivity contribution >= 4 is 33.6 Å². The minimum absolute atomic E-state index is 0.252. The maximum Gasteiger partial charge on any atom is 0.280 e. The second-order valence-electron chi connectivity index (χ2n) is 4.67. The summed E-state index contributed by atoms with van der Waals surface area (Å²) in [4.78, 5) is 15.2. The monoisotopic (exact) mass is 369 g/mol. The van der Waals surface area contributed by atoms with Crippen LogP contribution in [0.1, 0.15) is 10.4 Å². The van der Waals surface area contributed by atoms with Gasteiger partial charge in [-0.3, -0.25) is 9.35 Å². The van der Waals surface area contributed by atoms with Crippen LogP contribution in [-0.4, -0.2) is 31.1 Å². The van der Waals surface area contributed by atoms with Crippen molar-refractivity contribution in [2.45, 2.75) is 0 Å². The van der Waals surface area contributed by atoms with E-state index in [1.54, 1.807) is 24.3 Å². The van der Waals surface area contributed by atoms with Crippen LogP contribution in [0.4, 0.5) is 0 Å². The Labute approximate surface area is 144 Å². The van der Waals surface area contributed by atoms with Crippen LogP contribution in [0.15, 0.2) is 53.5 Å². The maximum atomic E-state index is 11.7. The van der Waals surface area contributed by atoms with Crippen LogP contribution >= 0.6 is 11.6 Å². The molecule has 0 aliphatic carbocycles. The molecule has 0 saturated heterocycles. The zero-order valence-corrected chi connectivity index (χ0v) is 14.3. The molecule has 128 valence electrons. The van der Waals surface area contributed by atoms with Gasteiger partial charge in [0, 0.05) is 10.6 Å². The standard InChI is InChI=1S/C14H12ClN3O.CH4O3S/c15-12-6-2-4-10(8-12)9-3-1-5-11(7-9)13(19)18-14(16)17;1-5(2,3)4/h1-8H,(H4,16,17,18,19);1H3,(H,2,3,4). The molecule has 1 amide bonds. The van der Waals surface area contributed by atoms with Crippen LogP contribution in [0.25, 0.3) is 11.1 Å². The predicted octanol–water partition coefficient (Wildman–Crippen LogP) is 1.92. The molecule has 2 aromatic carbocycles. The highest BCUT2D eigenvalue weighted by Gasteiger charge is 2.06. The average Bonchev–Trinajstić information content (AvgIpc) is 2.45. The van der Waals surface area contributed by atoms with Crippen molar-refractivity contribution in [3.05, 3.63) is 59.1 Å². The molecule has 0 fully saturated rings. The smallest absolute Gasteiger partial charge is 0.280 e. The molecule has 0 spiro atoms. The second-order valence-corrected chi connectivity index (χ2v) is 6.57. The summed E-state index contributed by atoms with van der Waals surface area (Å²) in [6.07, 6.45) is 0.715. The molecule has 24 heavy (non-hydrogen) atoms. The van der Waals surface area contributed by atoms with Crippen molar-refractivity contribution in [2.24, 2.45) is 16.5 Å². The van der Waals surface area contributed by atoms with Gasteiger partial charge in [-0.2, -0.15) is 13.4 Å². The van der Waals surface area contributed by atoms with Gasteiger partial charge in [0.2, 0.25) is 0 Å². The molecule has 0 radical (unpaired) electrons. The van der Waals surface area contributed by atoms with Crippen LogP contribution in [0.5, 0.6) is 0 Å². The fourth-order valence-electron chi connectivity index (χ4n) is 1.68. The number of halogens is 1. The van der Waals surface area contributed by atoms with E-state index < -0.39 is 16.0 Å². The Kier molecular flexibility index (Phi) is 6.90. The van der Waals surface area contributed by atoms with Gasteiger partial charge >= 0.3 is 0 Å². The summed E-state index contributed by atoms with van der Waals surface area (Å²) < 4.78 is 25.9. The lowest BCUT2D eigenvalue weighted by Gasteiger charge is -2.04. The average molecular weight is 370 g/mol. The molecular formula is C15H16ClN3O4S. The predicted molar refractivity (Wildman–Crippen MR) is 94.5 cm³/mol. The number of carbonyl (C=O) groups excluding carboxylic acids is 1. The second kappa shape index (κ2) is 8.44. The third-order valence-corrected chi connectivity index (χ3v) is 2.73. The molecule has 0 aliphatic heterocycles. The summed E-state index contributed by atoms with van der Waals surface area (Å²) in [5.41, 5.74) is 12.6. The first-order valence-corrected chi connectivity index (χ1v) is 8.71. The van der Waals surface area contributed by atoms with Gasteiger partial charge in [-0.15, -0.1) is 0 Å². The number of nitrogens with two attached hydrogens (primary N) is 2. The SMILES string of the molecule is CS(=O)(=O)O.NC(N)=NC(=O)c1cccc(-c2cccc(Cl)c2)c1. The zero-order chi connectivity index (χ0) is 18.3. The molecule has 0 bridgehead atoms. The van der Waals surface area contributed by atoms with Gasteiger partial charge in [-0.25, -0.2) is 0 Å². The Morgan fingerprint density at radius 1 is 1.08 bits per heavy atom. The molecule has 5 N–H and O–H groups in total. The lowest BCUT2D eigenvalue weighted by atomic mass is 10.0. The molecule has 0 unspecified atom stereocenters. The van der Waals surface area contributed by atoms with Crippen LogP contribution in [0.2, 0.25) is 5.02 Å². The van der Waals surface area contributed by atoms with Gasteiger partial charge in [-0.1, -0.05) is 35.9 Å². The highest BCUT2D eigenvalue weighted by atomic mass is 35.5. The van der Waals surface area contributed by atoms with Crippen molar-refractivity contribution in [3.8, 4) is 11.1 Å². The van der Waals surface area contributed by atoms with E-state index in [0.29, 0.717) is 16.8 Å². The number of benzene rings is 2. The van der Waals surface area contributed by atoms with Crippen LogP contribution in [0.3, 0.4) is 0 Å². The molecule has 0 aromatic heterocycles. The molecule has 2 aromatic rings. The number of amides is 1. The Morgan fingerprint density at radius 2 is 1.58 bits per heavy atom. The van der Waals surface area contributed by atoms with Gasteiger partial charge < -0.3 is 11.5 Å². The summed E-state index contributed by atoms with van der Waals surface area (Å²) in [6.45, 7) is 0. The summed E-state index contributed by atoms with van der Waals surface area (Å²) in [7, 11) is -3.67. The zero-order valence-electron chi connectivity index (χ0n) is 12.7. The van der Waals surface area contributed by atoms with Crippen molar-refractivity contribution in [2.75, 3.05) is 6.26 Å². The van der Waals surface area contributed by atoms with E-state index >= 15 is 0 Å². The van der Waals surface area contributed by atoms with Gasteiger partial charge in [0.15, 0.2) is 5.96 Å². The van der Waals surface area contributed by atoms with Crippen LogP contribution < -0.4 is 11.5 Å². The molecule has 2 rings (SSSR count). The highest BCUT2D eigenvalue weighted by molar-refractivity contribution is 7.85. The fourth-order valence-corrected chi connectivity index (χ4v) is 1.87. The number of aliphatic imine (C=N–C) groups is 1. The van der Waals surface area contributed by atoms with Gasteiger partial charge in [0.25, 0.3) is 16.0 Å². The van der Waals surface area contributed by atoms with Crippen LogP contribution in [0, 0.1) is 0 Å². The van der Waals surface area contributed by atoms with Crippen molar-refractivity contribution in [1.82, 2.24) is 0 Å². The van der Waals surface area contributed by atoms with Crippen LogP contribution in [-0.2, 0) is 10.1 Å². The highest BCUT2D eigenvalue weighted by Crippen LogP contribution is 2.23. The van der Waals surface area contributed by atoms with E-state index in [4.69, 9.17) is 27.6 Å². The molecule has 7 nitrogen and oxygen atoms in total. The number of carbonyl (C=O) groups is 1. The van der Waals surface area contributed by atoms with E-state index in [0.717, 1.165) is 11.1 Å². The van der Waals surface area contributed by atoms with Crippen molar-refractivity contribution < 1.29 is 17.8 Å². The lowest BCUT2D eigenvalue weighted by molar-refractivity contribution is 0.100. The third-order valence-electron chi connectivity index (χ3n) is 2.50. The Balaban J connectivity index is 0.000000505. The molecular weight excluding hydrogens is 354 g/mol. The summed E-state index contributed by atoms with van der Waals surface area (Å²) in [5.74, 6) is -0.720. The fraction of sp³-hybridized carbons (Fsp3) is 0.0667. The molecule has 0 aliphatic rings. The number of rotatable bonds is 2. The van der Waals surface area contributed by atoms with Gasteiger partial charge in [0.05, 0.1) is 6.26 Å². The van der Waals surface area contributed by atoms with E-state index in [9.17, 15) is 13.2 Å².